The zero-order valence-corrected chi connectivity index (χ0v) is 9.34. The number of nitrogens with one attached hydrogen (secondary N) is 2. The third-order valence-electron chi connectivity index (χ3n) is 3.91. The summed E-state index contributed by atoms with van der Waals surface area (Å²) in [4.78, 5) is 0. The van der Waals surface area contributed by atoms with Crippen molar-refractivity contribution in [2.45, 2.75) is 12.3 Å². The SMILES string of the molecule is COCC1[C@H]2Cc3c(n[nH]c3-c3nn[nH]n3)[C@@H]12. The summed E-state index contributed by atoms with van der Waals surface area (Å²) < 4.78 is 5.22. The van der Waals surface area contributed by atoms with Crippen LogP contribution in [0.2, 0.25) is 0 Å². The highest BCUT2D eigenvalue weighted by molar-refractivity contribution is 5.59. The first-order valence-corrected chi connectivity index (χ1v) is 5.70. The highest BCUT2D eigenvalue weighted by Gasteiger charge is 2.57. The van der Waals surface area contributed by atoms with Crippen LogP contribution >= 0.6 is 0 Å². The first-order valence-electron chi connectivity index (χ1n) is 5.70. The maximum atomic E-state index is 5.22. The number of rotatable bonds is 3. The van der Waals surface area contributed by atoms with E-state index in [9.17, 15) is 0 Å². The van der Waals surface area contributed by atoms with Gasteiger partial charge in [0.1, 0.15) is 5.69 Å². The zero-order chi connectivity index (χ0) is 11.4. The molecule has 0 spiro atoms. The number of H-pyrrole nitrogens is 2. The zero-order valence-electron chi connectivity index (χ0n) is 9.34. The fourth-order valence-corrected chi connectivity index (χ4v) is 3.10. The van der Waals surface area contributed by atoms with Gasteiger partial charge in [0.25, 0.3) is 0 Å². The van der Waals surface area contributed by atoms with Gasteiger partial charge in [0, 0.05) is 25.2 Å². The molecule has 0 aromatic carbocycles. The second kappa shape index (κ2) is 3.13. The van der Waals surface area contributed by atoms with E-state index >= 15 is 0 Å². The van der Waals surface area contributed by atoms with E-state index in [2.05, 4.69) is 30.8 Å². The quantitative estimate of drug-likeness (QED) is 0.784. The molecule has 7 nitrogen and oxygen atoms in total. The van der Waals surface area contributed by atoms with E-state index in [0.29, 0.717) is 23.6 Å². The fraction of sp³-hybridized carbons (Fsp3) is 0.600. The predicted octanol–water partition coefficient (Wildman–Crippen LogP) is 0.122. The van der Waals surface area contributed by atoms with Gasteiger partial charge in [0.05, 0.1) is 5.69 Å². The number of methoxy groups -OCH3 is 1. The minimum Gasteiger partial charge on any atom is -0.384 e. The molecule has 2 aliphatic carbocycles. The van der Waals surface area contributed by atoms with Crippen molar-refractivity contribution in [2.75, 3.05) is 13.7 Å². The van der Waals surface area contributed by atoms with Crippen molar-refractivity contribution in [1.29, 1.82) is 0 Å². The van der Waals surface area contributed by atoms with E-state index in [1.807, 2.05) is 0 Å². The largest absolute Gasteiger partial charge is 0.384 e. The van der Waals surface area contributed by atoms with E-state index in [0.717, 1.165) is 18.7 Å². The maximum Gasteiger partial charge on any atom is 0.222 e. The number of hydrogen-bond donors (Lipinski definition) is 2. The number of nitrogens with zero attached hydrogens (tertiary/aromatic N) is 4. The van der Waals surface area contributed by atoms with Crippen LogP contribution < -0.4 is 0 Å². The summed E-state index contributed by atoms with van der Waals surface area (Å²) in [6.45, 7) is 0.833. The molecule has 0 bridgehead atoms. The molecule has 2 aromatic rings. The first kappa shape index (κ1) is 9.29. The van der Waals surface area contributed by atoms with Crippen molar-refractivity contribution in [3.63, 3.8) is 0 Å². The molecule has 1 saturated carbocycles. The lowest BCUT2D eigenvalue weighted by Crippen LogP contribution is -2.00. The summed E-state index contributed by atoms with van der Waals surface area (Å²) in [7, 11) is 1.75. The summed E-state index contributed by atoms with van der Waals surface area (Å²) in [5, 5.41) is 21.4. The molecular formula is C10H12N6O. The van der Waals surface area contributed by atoms with Crippen LogP contribution in [0, 0.1) is 11.8 Å². The van der Waals surface area contributed by atoms with E-state index < -0.39 is 0 Å². The lowest BCUT2D eigenvalue weighted by molar-refractivity contribution is 0.179. The second-order valence-electron chi connectivity index (χ2n) is 4.71. The summed E-state index contributed by atoms with van der Waals surface area (Å²) >= 11 is 0. The first-order chi connectivity index (χ1) is 8.40. The third kappa shape index (κ3) is 1.14. The molecule has 7 heteroatoms. The molecule has 2 aliphatic rings. The number of fused-ring (bicyclic) bond motifs is 3. The summed E-state index contributed by atoms with van der Waals surface area (Å²) in [5.41, 5.74) is 3.35. The molecule has 2 heterocycles. The Balaban J connectivity index is 1.68. The van der Waals surface area contributed by atoms with Crippen molar-refractivity contribution in [3.8, 4) is 11.5 Å². The number of aromatic amines is 2. The lowest BCUT2D eigenvalue weighted by atomic mass is 10.1. The van der Waals surface area contributed by atoms with Gasteiger partial charge < -0.3 is 4.74 Å². The molecule has 0 saturated heterocycles. The van der Waals surface area contributed by atoms with Gasteiger partial charge in [0.15, 0.2) is 0 Å². The number of ether oxygens (including phenoxy) is 1. The summed E-state index contributed by atoms with van der Waals surface area (Å²) in [6, 6.07) is 0. The summed E-state index contributed by atoms with van der Waals surface area (Å²) in [5.74, 6) is 2.52. The second-order valence-corrected chi connectivity index (χ2v) is 4.71. The molecule has 2 aromatic heterocycles. The van der Waals surface area contributed by atoms with E-state index in [1.54, 1.807) is 7.11 Å². The van der Waals surface area contributed by atoms with Crippen LogP contribution in [0.4, 0.5) is 0 Å². The Morgan fingerprint density at radius 3 is 3.12 bits per heavy atom. The molecule has 2 N–H and O–H groups in total. The molecule has 0 aliphatic heterocycles. The van der Waals surface area contributed by atoms with E-state index in [4.69, 9.17) is 4.74 Å². The van der Waals surface area contributed by atoms with Crippen molar-refractivity contribution in [3.05, 3.63) is 11.3 Å². The average Bonchev–Trinajstić information content (AvgIpc) is 2.82. The lowest BCUT2D eigenvalue weighted by Gasteiger charge is -2.01. The van der Waals surface area contributed by atoms with Crippen LogP contribution in [-0.2, 0) is 11.2 Å². The maximum absolute atomic E-state index is 5.22. The smallest absolute Gasteiger partial charge is 0.222 e. The van der Waals surface area contributed by atoms with Crippen LogP contribution in [-0.4, -0.2) is 44.5 Å². The van der Waals surface area contributed by atoms with E-state index in [1.165, 1.54) is 11.3 Å². The Kier molecular flexibility index (Phi) is 1.71. The molecule has 3 atom stereocenters. The molecular weight excluding hydrogens is 220 g/mol. The Morgan fingerprint density at radius 2 is 2.35 bits per heavy atom. The molecule has 1 unspecified atom stereocenters. The molecule has 17 heavy (non-hydrogen) atoms. The fourth-order valence-electron chi connectivity index (χ4n) is 3.10. The normalized spacial score (nSPS) is 29.1. The average molecular weight is 232 g/mol. The van der Waals surface area contributed by atoms with Gasteiger partial charge in [-0.1, -0.05) is 0 Å². The van der Waals surface area contributed by atoms with Crippen molar-refractivity contribution >= 4 is 0 Å². The Hall–Kier alpha value is -1.76. The Morgan fingerprint density at radius 1 is 1.41 bits per heavy atom. The number of tetrazole rings is 1. The van der Waals surface area contributed by atoms with Gasteiger partial charge in [-0.3, -0.25) is 5.10 Å². The Labute approximate surface area is 97.0 Å². The van der Waals surface area contributed by atoms with Crippen LogP contribution in [0.3, 0.4) is 0 Å². The van der Waals surface area contributed by atoms with Crippen LogP contribution in [0.15, 0.2) is 0 Å². The van der Waals surface area contributed by atoms with Crippen LogP contribution in [0.25, 0.3) is 11.5 Å². The third-order valence-corrected chi connectivity index (χ3v) is 3.91. The van der Waals surface area contributed by atoms with Crippen molar-refractivity contribution in [2.24, 2.45) is 11.8 Å². The van der Waals surface area contributed by atoms with Crippen LogP contribution in [0.5, 0.6) is 0 Å². The monoisotopic (exact) mass is 232 g/mol. The molecule has 88 valence electrons. The van der Waals surface area contributed by atoms with Crippen molar-refractivity contribution in [1.82, 2.24) is 30.8 Å². The van der Waals surface area contributed by atoms with E-state index in [-0.39, 0.29) is 0 Å². The molecule has 1 fully saturated rings. The summed E-state index contributed by atoms with van der Waals surface area (Å²) in [6.07, 6.45) is 1.05. The van der Waals surface area contributed by atoms with Gasteiger partial charge >= 0.3 is 0 Å². The van der Waals surface area contributed by atoms with Crippen molar-refractivity contribution < 1.29 is 4.74 Å². The highest BCUT2D eigenvalue weighted by atomic mass is 16.5. The van der Waals surface area contributed by atoms with Gasteiger partial charge in [-0.2, -0.15) is 10.3 Å². The van der Waals surface area contributed by atoms with Gasteiger partial charge in [0.2, 0.25) is 5.82 Å². The number of aromatic nitrogens is 6. The van der Waals surface area contributed by atoms with Gasteiger partial charge in [-0.25, -0.2) is 0 Å². The van der Waals surface area contributed by atoms with Gasteiger partial charge in [-0.05, 0) is 23.5 Å². The highest BCUT2D eigenvalue weighted by Crippen LogP contribution is 2.61. The molecule has 0 amide bonds. The number of hydrogen-bond acceptors (Lipinski definition) is 5. The predicted molar refractivity (Wildman–Crippen MR) is 57.1 cm³/mol. The minimum atomic E-state index is 0.571. The minimum absolute atomic E-state index is 0.571. The molecule has 0 radical (unpaired) electrons. The standard InChI is InChI=1S/C10H12N6O/c1-17-3-6-4-2-5-8(7(4)6)11-12-9(5)10-13-15-16-14-10/h4,6-7H,2-3H2,1H3,(H,11,12)(H,13,14,15,16)/t4-,6?,7-/m1/s1. The van der Waals surface area contributed by atoms with Gasteiger partial charge in [-0.15, -0.1) is 10.2 Å². The molecule has 4 rings (SSSR count). The Bertz CT molecular complexity index is 547. The van der Waals surface area contributed by atoms with Crippen LogP contribution in [0.1, 0.15) is 17.2 Å². The topological polar surface area (TPSA) is 92.4 Å².